The highest BCUT2D eigenvalue weighted by Crippen LogP contribution is 2.19. The van der Waals surface area contributed by atoms with Gasteiger partial charge >= 0.3 is 0 Å². The maximum atomic E-state index is 9.86. The maximum Gasteiger partial charge on any atom is 0.229 e. The van der Waals surface area contributed by atoms with Gasteiger partial charge in [-0.25, -0.2) is 0 Å². The minimum absolute atomic E-state index is 0.404. The van der Waals surface area contributed by atoms with Gasteiger partial charge in [-0.15, -0.1) is 0 Å². The maximum absolute atomic E-state index is 9.86. The summed E-state index contributed by atoms with van der Waals surface area (Å²) in [6.07, 6.45) is 0.704. The zero-order valence-corrected chi connectivity index (χ0v) is 12.6. The predicted molar refractivity (Wildman–Crippen MR) is 76.6 cm³/mol. The normalized spacial score (nSPS) is 12.9. The van der Waals surface area contributed by atoms with Gasteiger partial charge in [0.1, 0.15) is 0 Å². The third-order valence-electron chi connectivity index (χ3n) is 2.72. The fourth-order valence-corrected chi connectivity index (χ4v) is 2.15. The number of rotatable bonds is 5. The van der Waals surface area contributed by atoms with Crippen LogP contribution in [0.5, 0.6) is 0 Å². The lowest BCUT2D eigenvalue weighted by atomic mass is 10.0. The Hall–Kier alpha value is -1.20. The number of aromatic nitrogens is 2. The molecule has 2 rings (SSSR count). The molecule has 0 radical (unpaired) electrons. The fourth-order valence-electron chi connectivity index (χ4n) is 1.88. The molecule has 0 bridgehead atoms. The first-order chi connectivity index (χ1) is 9.04. The van der Waals surface area contributed by atoms with Gasteiger partial charge in [0.15, 0.2) is 0 Å². The SMILES string of the molecule is CC(C)CC(O)Cc1nc(-c2ccc(Br)cc2)no1. The molecule has 1 unspecified atom stereocenters. The molecule has 0 aliphatic heterocycles. The van der Waals surface area contributed by atoms with E-state index in [2.05, 4.69) is 39.9 Å². The van der Waals surface area contributed by atoms with Crippen LogP contribution in [0.1, 0.15) is 26.2 Å². The lowest BCUT2D eigenvalue weighted by Gasteiger charge is -2.09. The molecule has 5 heteroatoms. The number of nitrogens with zero attached hydrogens (tertiary/aromatic N) is 2. The van der Waals surface area contributed by atoms with Gasteiger partial charge in [-0.1, -0.05) is 34.9 Å². The molecule has 1 aromatic heterocycles. The smallest absolute Gasteiger partial charge is 0.229 e. The lowest BCUT2D eigenvalue weighted by Crippen LogP contribution is -2.13. The van der Waals surface area contributed by atoms with Crippen LogP contribution in [-0.4, -0.2) is 21.4 Å². The van der Waals surface area contributed by atoms with Crippen molar-refractivity contribution < 1.29 is 9.63 Å². The van der Waals surface area contributed by atoms with Gasteiger partial charge in [0, 0.05) is 10.0 Å². The molecule has 0 aliphatic carbocycles. The summed E-state index contributed by atoms with van der Waals surface area (Å²) in [5, 5.41) is 13.8. The van der Waals surface area contributed by atoms with Crippen molar-refractivity contribution in [3.63, 3.8) is 0 Å². The molecule has 2 aromatic rings. The second-order valence-electron chi connectivity index (χ2n) is 5.01. The van der Waals surface area contributed by atoms with Crippen molar-refractivity contribution >= 4 is 15.9 Å². The first-order valence-corrected chi connectivity index (χ1v) is 7.10. The van der Waals surface area contributed by atoms with E-state index in [1.165, 1.54) is 0 Å². The van der Waals surface area contributed by atoms with Crippen molar-refractivity contribution in [3.05, 3.63) is 34.6 Å². The monoisotopic (exact) mass is 324 g/mol. The standard InChI is InChI=1S/C14H17BrN2O2/c1-9(2)7-12(18)8-13-16-14(17-19-13)10-3-5-11(15)6-4-10/h3-6,9,12,18H,7-8H2,1-2H3. The summed E-state index contributed by atoms with van der Waals surface area (Å²) in [6, 6.07) is 7.70. The van der Waals surface area contributed by atoms with Crippen LogP contribution in [0.25, 0.3) is 11.4 Å². The molecule has 19 heavy (non-hydrogen) atoms. The Morgan fingerprint density at radius 2 is 1.95 bits per heavy atom. The van der Waals surface area contributed by atoms with E-state index in [0.29, 0.717) is 24.1 Å². The number of benzene rings is 1. The minimum atomic E-state index is -0.432. The van der Waals surface area contributed by atoms with E-state index in [9.17, 15) is 5.11 Å². The van der Waals surface area contributed by atoms with Crippen LogP contribution in [-0.2, 0) is 6.42 Å². The van der Waals surface area contributed by atoms with E-state index in [1.807, 2.05) is 24.3 Å². The molecule has 0 amide bonds. The van der Waals surface area contributed by atoms with Crippen LogP contribution in [0, 0.1) is 5.92 Å². The van der Waals surface area contributed by atoms with Gasteiger partial charge < -0.3 is 9.63 Å². The first-order valence-electron chi connectivity index (χ1n) is 6.31. The number of hydrogen-bond donors (Lipinski definition) is 1. The van der Waals surface area contributed by atoms with E-state index in [-0.39, 0.29) is 0 Å². The third kappa shape index (κ3) is 4.14. The minimum Gasteiger partial charge on any atom is -0.393 e. The molecule has 0 fully saturated rings. The van der Waals surface area contributed by atoms with Crippen LogP contribution < -0.4 is 0 Å². The summed E-state index contributed by atoms with van der Waals surface area (Å²) in [5.41, 5.74) is 0.900. The molecule has 1 aromatic carbocycles. The van der Waals surface area contributed by atoms with Gasteiger partial charge in [-0.3, -0.25) is 0 Å². The van der Waals surface area contributed by atoms with Crippen molar-refractivity contribution in [2.24, 2.45) is 5.92 Å². The zero-order valence-electron chi connectivity index (χ0n) is 11.0. The molecule has 0 spiro atoms. The van der Waals surface area contributed by atoms with Crippen LogP contribution >= 0.6 is 15.9 Å². The van der Waals surface area contributed by atoms with Crippen LogP contribution in [0.4, 0.5) is 0 Å². The molecule has 1 atom stereocenters. The Morgan fingerprint density at radius 3 is 2.58 bits per heavy atom. The number of hydrogen-bond acceptors (Lipinski definition) is 4. The summed E-state index contributed by atoms with van der Waals surface area (Å²) in [5.74, 6) is 1.48. The first kappa shape index (κ1) is 14.2. The Morgan fingerprint density at radius 1 is 1.26 bits per heavy atom. The van der Waals surface area contributed by atoms with E-state index in [1.54, 1.807) is 0 Å². The second kappa shape index (κ2) is 6.30. The zero-order chi connectivity index (χ0) is 13.8. The van der Waals surface area contributed by atoms with Crippen molar-refractivity contribution in [1.29, 1.82) is 0 Å². The highest BCUT2D eigenvalue weighted by atomic mass is 79.9. The summed E-state index contributed by atoms with van der Waals surface area (Å²) in [7, 11) is 0. The number of aliphatic hydroxyl groups excluding tert-OH is 1. The molecule has 1 N–H and O–H groups in total. The highest BCUT2D eigenvalue weighted by molar-refractivity contribution is 9.10. The van der Waals surface area contributed by atoms with Gasteiger partial charge in [0.05, 0.1) is 12.5 Å². The van der Waals surface area contributed by atoms with Gasteiger partial charge in [0.2, 0.25) is 11.7 Å². The van der Waals surface area contributed by atoms with Gasteiger partial charge in [-0.2, -0.15) is 4.98 Å². The average molecular weight is 325 g/mol. The lowest BCUT2D eigenvalue weighted by molar-refractivity contribution is 0.138. The largest absolute Gasteiger partial charge is 0.393 e. The van der Waals surface area contributed by atoms with E-state index >= 15 is 0 Å². The Bertz CT molecular complexity index is 522. The van der Waals surface area contributed by atoms with Crippen molar-refractivity contribution in [2.45, 2.75) is 32.8 Å². The Labute approximate surface area is 121 Å². The predicted octanol–water partition coefficient (Wildman–Crippen LogP) is 3.45. The van der Waals surface area contributed by atoms with Crippen LogP contribution in [0.2, 0.25) is 0 Å². The van der Waals surface area contributed by atoms with Gasteiger partial charge in [-0.05, 0) is 36.6 Å². The molecule has 0 saturated heterocycles. The molecule has 102 valence electrons. The number of aliphatic hydroxyl groups is 1. The summed E-state index contributed by atoms with van der Waals surface area (Å²) >= 11 is 3.38. The van der Waals surface area contributed by atoms with Crippen molar-refractivity contribution in [1.82, 2.24) is 10.1 Å². The van der Waals surface area contributed by atoms with Crippen LogP contribution in [0.3, 0.4) is 0 Å². The van der Waals surface area contributed by atoms with E-state index in [4.69, 9.17) is 4.52 Å². The molecule has 1 heterocycles. The van der Waals surface area contributed by atoms with Crippen molar-refractivity contribution in [3.8, 4) is 11.4 Å². The summed E-state index contributed by atoms with van der Waals surface area (Å²) in [6.45, 7) is 4.15. The molecular formula is C14H17BrN2O2. The Balaban J connectivity index is 2.04. The quantitative estimate of drug-likeness (QED) is 0.915. The highest BCUT2D eigenvalue weighted by Gasteiger charge is 2.14. The summed E-state index contributed by atoms with van der Waals surface area (Å²) < 4.78 is 6.18. The molecule has 4 nitrogen and oxygen atoms in total. The fraction of sp³-hybridized carbons (Fsp3) is 0.429. The second-order valence-corrected chi connectivity index (χ2v) is 5.92. The van der Waals surface area contributed by atoms with Crippen molar-refractivity contribution in [2.75, 3.05) is 0 Å². The molecular weight excluding hydrogens is 308 g/mol. The third-order valence-corrected chi connectivity index (χ3v) is 3.25. The topological polar surface area (TPSA) is 59.2 Å². The molecule has 0 saturated carbocycles. The van der Waals surface area contributed by atoms with Crippen LogP contribution in [0.15, 0.2) is 33.3 Å². The van der Waals surface area contributed by atoms with E-state index < -0.39 is 6.10 Å². The van der Waals surface area contributed by atoms with Gasteiger partial charge in [0.25, 0.3) is 0 Å². The molecule has 0 aliphatic rings. The number of halogens is 1. The average Bonchev–Trinajstić information content (AvgIpc) is 2.77. The summed E-state index contributed by atoms with van der Waals surface area (Å²) in [4.78, 5) is 4.30. The Kier molecular flexibility index (Phi) is 4.71. The van der Waals surface area contributed by atoms with E-state index in [0.717, 1.165) is 16.5 Å².